The van der Waals surface area contributed by atoms with Crippen molar-refractivity contribution in [2.45, 2.75) is 17.4 Å². The number of ether oxygens (including phenoxy) is 1. The average Bonchev–Trinajstić information content (AvgIpc) is 2.60. The van der Waals surface area contributed by atoms with Crippen LogP contribution in [0.25, 0.3) is 0 Å². The number of benzene rings is 2. The molecule has 2 aromatic carbocycles. The standard InChI is InChI=1S/C19H16ClNO3S/c1-2-9-25-17-6-4-3-5-15(17)21-18(22)16-11-12-10-13(20)7-8-14(12)19(23)24-16/h2-8,10,16H,1,9,11H2,(H,21,22). The van der Waals surface area contributed by atoms with E-state index in [0.29, 0.717) is 22.7 Å². The first-order valence-electron chi connectivity index (χ1n) is 7.71. The lowest BCUT2D eigenvalue weighted by Crippen LogP contribution is -2.38. The van der Waals surface area contributed by atoms with Crippen molar-refractivity contribution in [1.29, 1.82) is 0 Å². The normalized spacial score (nSPS) is 15.9. The SMILES string of the molecule is C=CCSc1ccccc1NC(=O)C1Cc2cc(Cl)ccc2C(=O)O1. The molecular weight excluding hydrogens is 358 g/mol. The number of hydrogen-bond donors (Lipinski definition) is 1. The van der Waals surface area contributed by atoms with Crippen LogP contribution in [-0.2, 0) is 16.0 Å². The van der Waals surface area contributed by atoms with Crippen molar-refractivity contribution in [2.75, 3.05) is 11.1 Å². The number of carbonyl (C=O) groups excluding carboxylic acids is 2. The zero-order chi connectivity index (χ0) is 17.8. The molecular formula is C19H16ClNO3S. The Morgan fingerprint density at radius 3 is 2.96 bits per heavy atom. The summed E-state index contributed by atoms with van der Waals surface area (Å²) in [5.74, 6) is -0.130. The zero-order valence-corrected chi connectivity index (χ0v) is 14.9. The fraction of sp³-hybridized carbons (Fsp3) is 0.158. The van der Waals surface area contributed by atoms with Crippen LogP contribution < -0.4 is 5.32 Å². The third kappa shape index (κ3) is 4.06. The van der Waals surface area contributed by atoms with E-state index >= 15 is 0 Å². The number of fused-ring (bicyclic) bond motifs is 1. The minimum absolute atomic E-state index is 0.301. The highest BCUT2D eigenvalue weighted by atomic mass is 35.5. The molecule has 0 aromatic heterocycles. The number of carbonyl (C=O) groups is 2. The minimum Gasteiger partial charge on any atom is -0.448 e. The summed E-state index contributed by atoms with van der Waals surface area (Å²) in [4.78, 5) is 25.6. The number of cyclic esters (lactones) is 1. The lowest BCUT2D eigenvalue weighted by atomic mass is 9.98. The van der Waals surface area contributed by atoms with Crippen LogP contribution in [0, 0.1) is 0 Å². The number of thioether (sulfide) groups is 1. The smallest absolute Gasteiger partial charge is 0.339 e. The van der Waals surface area contributed by atoms with Gasteiger partial charge < -0.3 is 10.1 Å². The molecule has 0 saturated heterocycles. The summed E-state index contributed by atoms with van der Waals surface area (Å²) in [7, 11) is 0. The minimum atomic E-state index is -0.879. The highest BCUT2D eigenvalue weighted by molar-refractivity contribution is 7.99. The Labute approximate surface area is 155 Å². The number of anilines is 1. The van der Waals surface area contributed by atoms with Crippen molar-refractivity contribution < 1.29 is 14.3 Å². The lowest BCUT2D eigenvalue weighted by molar-refractivity contribution is -0.125. The fourth-order valence-electron chi connectivity index (χ4n) is 2.57. The van der Waals surface area contributed by atoms with Gasteiger partial charge in [0, 0.05) is 22.1 Å². The molecule has 1 amide bonds. The van der Waals surface area contributed by atoms with Crippen LogP contribution in [0.3, 0.4) is 0 Å². The van der Waals surface area contributed by atoms with Gasteiger partial charge in [-0.15, -0.1) is 18.3 Å². The van der Waals surface area contributed by atoms with E-state index in [4.69, 9.17) is 16.3 Å². The fourth-order valence-corrected chi connectivity index (χ4v) is 3.51. The molecule has 1 heterocycles. The second-order valence-corrected chi connectivity index (χ2v) is 6.98. The molecule has 0 fully saturated rings. The molecule has 128 valence electrons. The van der Waals surface area contributed by atoms with Crippen LogP contribution in [0.4, 0.5) is 5.69 Å². The summed E-state index contributed by atoms with van der Waals surface area (Å²) in [6.07, 6.45) is 1.22. The Morgan fingerprint density at radius 1 is 1.36 bits per heavy atom. The quantitative estimate of drug-likeness (QED) is 0.481. The van der Waals surface area contributed by atoms with Crippen LogP contribution in [-0.4, -0.2) is 23.7 Å². The van der Waals surface area contributed by atoms with Gasteiger partial charge in [-0.3, -0.25) is 4.79 Å². The predicted molar refractivity (Wildman–Crippen MR) is 100 cm³/mol. The van der Waals surface area contributed by atoms with Gasteiger partial charge in [-0.1, -0.05) is 29.8 Å². The number of rotatable bonds is 5. The van der Waals surface area contributed by atoms with Crippen molar-refractivity contribution in [3.63, 3.8) is 0 Å². The first kappa shape index (κ1) is 17.6. The second kappa shape index (κ2) is 7.76. The van der Waals surface area contributed by atoms with E-state index in [0.717, 1.165) is 16.2 Å². The van der Waals surface area contributed by atoms with Gasteiger partial charge in [0.15, 0.2) is 6.10 Å². The number of hydrogen-bond acceptors (Lipinski definition) is 4. The van der Waals surface area contributed by atoms with Crippen molar-refractivity contribution in [3.05, 3.63) is 71.3 Å². The maximum atomic E-state index is 12.6. The number of halogens is 1. The maximum absolute atomic E-state index is 12.6. The molecule has 1 aliphatic rings. The summed E-state index contributed by atoms with van der Waals surface area (Å²) in [5, 5.41) is 3.38. The molecule has 25 heavy (non-hydrogen) atoms. The molecule has 0 aliphatic carbocycles. The third-order valence-electron chi connectivity index (χ3n) is 3.74. The Kier molecular flexibility index (Phi) is 5.46. The van der Waals surface area contributed by atoms with E-state index in [9.17, 15) is 9.59 Å². The monoisotopic (exact) mass is 373 g/mol. The van der Waals surface area contributed by atoms with E-state index in [1.165, 1.54) is 0 Å². The lowest BCUT2D eigenvalue weighted by Gasteiger charge is -2.24. The predicted octanol–water partition coefficient (Wildman–Crippen LogP) is 4.34. The Morgan fingerprint density at radius 2 is 2.16 bits per heavy atom. The van der Waals surface area contributed by atoms with Gasteiger partial charge in [0.25, 0.3) is 5.91 Å². The van der Waals surface area contributed by atoms with Gasteiger partial charge in [-0.05, 0) is 35.9 Å². The van der Waals surface area contributed by atoms with Crippen LogP contribution in [0.5, 0.6) is 0 Å². The summed E-state index contributed by atoms with van der Waals surface area (Å²) in [6.45, 7) is 3.70. The highest BCUT2D eigenvalue weighted by Crippen LogP contribution is 2.28. The van der Waals surface area contributed by atoms with Crippen LogP contribution in [0.2, 0.25) is 5.02 Å². The molecule has 0 spiro atoms. The second-order valence-electron chi connectivity index (χ2n) is 5.48. The molecule has 0 radical (unpaired) electrons. The average molecular weight is 374 g/mol. The van der Waals surface area contributed by atoms with E-state index in [2.05, 4.69) is 11.9 Å². The van der Waals surface area contributed by atoms with Crippen LogP contribution in [0.1, 0.15) is 15.9 Å². The Hall–Kier alpha value is -2.24. The van der Waals surface area contributed by atoms with Gasteiger partial charge in [0.1, 0.15) is 0 Å². The molecule has 1 atom stereocenters. The molecule has 6 heteroatoms. The summed E-state index contributed by atoms with van der Waals surface area (Å²) in [6, 6.07) is 12.4. The summed E-state index contributed by atoms with van der Waals surface area (Å²) >= 11 is 7.56. The number of amides is 1. The van der Waals surface area contributed by atoms with E-state index < -0.39 is 12.1 Å². The van der Waals surface area contributed by atoms with Crippen LogP contribution in [0.15, 0.2) is 60.0 Å². The third-order valence-corrected chi connectivity index (χ3v) is 5.04. The maximum Gasteiger partial charge on any atom is 0.339 e. The molecule has 2 aromatic rings. The van der Waals surface area contributed by atoms with Gasteiger partial charge in [-0.2, -0.15) is 0 Å². The Balaban J connectivity index is 1.77. The number of para-hydroxylation sites is 1. The van der Waals surface area contributed by atoms with Gasteiger partial charge in [-0.25, -0.2) is 4.79 Å². The van der Waals surface area contributed by atoms with Crippen molar-refractivity contribution in [2.24, 2.45) is 0 Å². The van der Waals surface area contributed by atoms with E-state index in [1.54, 1.807) is 36.0 Å². The van der Waals surface area contributed by atoms with Gasteiger partial charge in [0.2, 0.25) is 0 Å². The van der Waals surface area contributed by atoms with Gasteiger partial charge >= 0.3 is 5.97 Å². The topological polar surface area (TPSA) is 55.4 Å². The number of nitrogens with one attached hydrogen (secondary N) is 1. The van der Waals surface area contributed by atoms with E-state index in [1.807, 2.05) is 24.3 Å². The highest BCUT2D eigenvalue weighted by Gasteiger charge is 2.31. The van der Waals surface area contributed by atoms with Crippen molar-refractivity contribution in [3.8, 4) is 0 Å². The zero-order valence-electron chi connectivity index (χ0n) is 13.3. The Bertz CT molecular complexity index is 837. The molecule has 0 saturated carbocycles. The molecule has 1 N–H and O–H groups in total. The first-order chi connectivity index (χ1) is 12.1. The molecule has 4 nitrogen and oxygen atoms in total. The van der Waals surface area contributed by atoms with Crippen molar-refractivity contribution >= 4 is 40.9 Å². The van der Waals surface area contributed by atoms with E-state index in [-0.39, 0.29) is 5.91 Å². The molecule has 1 unspecified atom stereocenters. The molecule has 1 aliphatic heterocycles. The van der Waals surface area contributed by atoms with Crippen molar-refractivity contribution in [1.82, 2.24) is 0 Å². The van der Waals surface area contributed by atoms with Crippen LogP contribution >= 0.6 is 23.4 Å². The largest absolute Gasteiger partial charge is 0.448 e. The summed E-state index contributed by atoms with van der Waals surface area (Å²) < 4.78 is 5.29. The number of esters is 1. The molecule has 0 bridgehead atoms. The van der Waals surface area contributed by atoms with Gasteiger partial charge in [0.05, 0.1) is 11.3 Å². The summed E-state index contributed by atoms with van der Waals surface area (Å²) in [5.41, 5.74) is 1.86. The molecule has 3 rings (SSSR count). The first-order valence-corrected chi connectivity index (χ1v) is 9.08.